The number of benzene rings is 2. The van der Waals surface area contributed by atoms with Crippen LogP contribution in [0.15, 0.2) is 60.7 Å². The summed E-state index contributed by atoms with van der Waals surface area (Å²) in [6.07, 6.45) is 2.79. The highest BCUT2D eigenvalue weighted by atomic mass is 32.2. The lowest BCUT2D eigenvalue weighted by atomic mass is 9.89. The fourth-order valence-corrected chi connectivity index (χ4v) is 9.05. The molecule has 16 heteroatoms. The number of Topliss-reactive ketones (excluding diaryl/α,β-unsaturated/α-hetero) is 1. The van der Waals surface area contributed by atoms with Crippen LogP contribution in [0.4, 0.5) is 9.59 Å². The van der Waals surface area contributed by atoms with Gasteiger partial charge in [0.1, 0.15) is 12.1 Å². The SMILES string of the molecule is CC(C)C[C@@H](NC(=O)[C@@H](Cc1ccccc1)NC(=O)N(CCN)Cc1ccccc1)C(=O)C[C@H](CCCCN)C(=O)N1CCC(NC(=O)OC2CCS(=O)(=O)CC2)CC1. The van der Waals surface area contributed by atoms with Gasteiger partial charge in [0.05, 0.1) is 17.5 Å². The maximum Gasteiger partial charge on any atom is 0.407 e. The first-order chi connectivity index (χ1) is 28.3. The number of nitrogens with zero attached hydrogens (tertiary/aromatic N) is 2. The Morgan fingerprint density at radius 3 is 2.05 bits per heavy atom. The summed E-state index contributed by atoms with van der Waals surface area (Å²) in [5.41, 5.74) is 13.4. The minimum Gasteiger partial charge on any atom is -0.446 e. The number of nitrogens with one attached hydrogen (secondary N) is 3. The molecule has 2 heterocycles. The van der Waals surface area contributed by atoms with Crippen LogP contribution >= 0.6 is 0 Å². The summed E-state index contributed by atoms with van der Waals surface area (Å²) in [7, 11) is -3.08. The van der Waals surface area contributed by atoms with Crippen LogP contribution in [0.3, 0.4) is 0 Å². The van der Waals surface area contributed by atoms with Gasteiger partial charge in [-0.2, -0.15) is 0 Å². The van der Waals surface area contributed by atoms with Gasteiger partial charge in [0.15, 0.2) is 15.6 Å². The molecule has 5 amide bonds. The molecule has 2 aliphatic heterocycles. The number of likely N-dealkylation sites (tertiary alicyclic amines) is 1. The molecule has 59 heavy (non-hydrogen) atoms. The number of carbonyl (C=O) groups excluding carboxylic acids is 5. The third kappa shape index (κ3) is 16.2. The van der Waals surface area contributed by atoms with Crippen LogP contribution in [0, 0.1) is 11.8 Å². The summed E-state index contributed by atoms with van der Waals surface area (Å²) in [5, 5.41) is 8.76. The highest BCUT2D eigenvalue weighted by Crippen LogP contribution is 2.23. The molecule has 0 bridgehead atoms. The summed E-state index contributed by atoms with van der Waals surface area (Å²) in [6, 6.07) is 16.3. The van der Waals surface area contributed by atoms with Crippen LogP contribution in [-0.4, -0.2) is 116 Å². The molecular formula is C43H65N7O8S. The Hall–Kier alpha value is -4.54. The Morgan fingerprint density at radius 1 is 0.831 bits per heavy atom. The van der Waals surface area contributed by atoms with E-state index in [4.69, 9.17) is 16.2 Å². The number of rotatable bonds is 21. The number of ketones is 1. The number of unbranched alkanes of at least 4 members (excludes halogenated alkanes) is 1. The second-order valence-electron chi connectivity index (χ2n) is 16.2. The number of hydrogen-bond donors (Lipinski definition) is 5. The van der Waals surface area contributed by atoms with E-state index in [0.717, 1.165) is 11.1 Å². The molecule has 2 aromatic rings. The number of carbonyl (C=O) groups is 5. The van der Waals surface area contributed by atoms with Gasteiger partial charge in [0.2, 0.25) is 11.8 Å². The molecule has 2 aliphatic rings. The van der Waals surface area contributed by atoms with Crippen molar-refractivity contribution < 1.29 is 37.1 Å². The number of ether oxygens (including phenoxy) is 1. The Labute approximate surface area is 349 Å². The third-order valence-electron chi connectivity index (χ3n) is 10.9. The van der Waals surface area contributed by atoms with Crippen LogP contribution in [0.1, 0.15) is 82.8 Å². The highest BCUT2D eigenvalue weighted by molar-refractivity contribution is 7.91. The molecule has 326 valence electrons. The molecule has 2 fully saturated rings. The fourth-order valence-electron chi connectivity index (χ4n) is 7.60. The maximum absolute atomic E-state index is 14.2. The number of nitrogens with two attached hydrogens (primary N) is 2. The minimum absolute atomic E-state index is 0.00202. The van der Waals surface area contributed by atoms with Crippen molar-refractivity contribution in [2.75, 3.05) is 44.2 Å². The van der Waals surface area contributed by atoms with E-state index in [0.29, 0.717) is 64.7 Å². The smallest absolute Gasteiger partial charge is 0.407 e. The monoisotopic (exact) mass is 839 g/mol. The van der Waals surface area contributed by atoms with E-state index in [1.165, 1.54) is 0 Å². The summed E-state index contributed by atoms with van der Waals surface area (Å²) < 4.78 is 28.9. The lowest BCUT2D eigenvalue weighted by Crippen LogP contribution is -2.55. The van der Waals surface area contributed by atoms with Gasteiger partial charge < -0.3 is 42.0 Å². The summed E-state index contributed by atoms with van der Waals surface area (Å²) in [5.74, 6) is -1.49. The summed E-state index contributed by atoms with van der Waals surface area (Å²) in [6.45, 7) is 5.93. The Morgan fingerprint density at radius 2 is 1.46 bits per heavy atom. The molecule has 0 spiro atoms. The van der Waals surface area contributed by atoms with Gasteiger partial charge in [-0.15, -0.1) is 0 Å². The zero-order valence-corrected chi connectivity index (χ0v) is 35.5. The molecule has 0 aromatic heterocycles. The van der Waals surface area contributed by atoms with Gasteiger partial charge in [0.25, 0.3) is 0 Å². The van der Waals surface area contributed by atoms with E-state index in [2.05, 4.69) is 16.0 Å². The first-order valence-corrected chi connectivity index (χ1v) is 22.9. The molecule has 0 radical (unpaired) electrons. The third-order valence-corrected chi connectivity index (χ3v) is 12.6. The molecule has 2 aromatic carbocycles. The van der Waals surface area contributed by atoms with Crippen LogP contribution in [0.2, 0.25) is 0 Å². The van der Waals surface area contributed by atoms with E-state index < -0.39 is 52.0 Å². The van der Waals surface area contributed by atoms with E-state index >= 15 is 0 Å². The average Bonchev–Trinajstić information content (AvgIpc) is 3.21. The van der Waals surface area contributed by atoms with Crippen LogP contribution in [-0.2, 0) is 41.9 Å². The molecule has 0 unspecified atom stereocenters. The Bertz CT molecular complexity index is 1740. The van der Waals surface area contributed by atoms with E-state index in [9.17, 15) is 32.4 Å². The Kier molecular flexibility index (Phi) is 19.1. The van der Waals surface area contributed by atoms with Crippen molar-refractivity contribution in [2.45, 2.75) is 109 Å². The van der Waals surface area contributed by atoms with E-state index in [1.807, 2.05) is 74.5 Å². The molecule has 2 saturated heterocycles. The topological polar surface area (TPSA) is 223 Å². The summed E-state index contributed by atoms with van der Waals surface area (Å²) in [4.78, 5) is 72.0. The second-order valence-corrected chi connectivity index (χ2v) is 18.5. The maximum atomic E-state index is 14.2. The van der Waals surface area contributed by atoms with Crippen molar-refractivity contribution in [3.05, 3.63) is 71.8 Å². The van der Waals surface area contributed by atoms with Crippen LogP contribution in [0.5, 0.6) is 0 Å². The van der Waals surface area contributed by atoms with Crippen molar-refractivity contribution in [3.8, 4) is 0 Å². The first-order valence-electron chi connectivity index (χ1n) is 21.1. The standard InChI is InChI=1S/C43H65N7O8S/c1-31(2)27-37(47-40(52)38(28-32-11-5-3-6-12-32)48-42(54)50(24-21-45)30-33-13-7-4-8-14-33)39(51)29-34(15-9-10-20-44)41(53)49-22-16-35(17-23-49)46-43(55)58-36-18-25-59(56,57)26-19-36/h3-8,11-14,31,34-38H,9-10,15-30,44-45H2,1-2H3,(H,46,55)(H,47,52)(H,48,54)/t34-,37+,38+/m0/s1. The molecular weight excluding hydrogens is 775 g/mol. The van der Waals surface area contributed by atoms with Gasteiger partial charge in [-0.05, 0) is 68.5 Å². The van der Waals surface area contributed by atoms with Gasteiger partial charge in [-0.25, -0.2) is 18.0 Å². The average molecular weight is 840 g/mol. The number of sulfone groups is 1. The molecule has 3 atom stereocenters. The predicted octanol–water partition coefficient (Wildman–Crippen LogP) is 3.30. The van der Waals surface area contributed by atoms with Crippen molar-refractivity contribution in [1.82, 2.24) is 25.8 Å². The molecule has 15 nitrogen and oxygen atoms in total. The van der Waals surface area contributed by atoms with Crippen molar-refractivity contribution >= 4 is 39.6 Å². The van der Waals surface area contributed by atoms with Gasteiger partial charge >= 0.3 is 12.1 Å². The lowest BCUT2D eigenvalue weighted by molar-refractivity contribution is -0.140. The number of hydrogen-bond acceptors (Lipinski definition) is 10. The second kappa shape index (κ2) is 23.9. The van der Waals surface area contributed by atoms with Crippen LogP contribution in [0.25, 0.3) is 0 Å². The first kappa shape index (κ1) is 47.1. The van der Waals surface area contributed by atoms with Crippen molar-refractivity contribution in [3.63, 3.8) is 0 Å². The predicted molar refractivity (Wildman–Crippen MR) is 227 cm³/mol. The van der Waals surface area contributed by atoms with Gasteiger partial charge in [0, 0.05) is 57.5 Å². The molecule has 0 aliphatic carbocycles. The normalized spacial score (nSPS) is 17.3. The van der Waals surface area contributed by atoms with E-state index in [1.54, 1.807) is 9.80 Å². The van der Waals surface area contributed by atoms with Gasteiger partial charge in [-0.1, -0.05) is 80.9 Å². The molecule has 4 rings (SSSR count). The molecule has 7 N–H and O–H groups in total. The zero-order chi connectivity index (χ0) is 42.8. The minimum atomic E-state index is -3.08. The lowest BCUT2D eigenvalue weighted by Gasteiger charge is -2.35. The highest BCUT2D eigenvalue weighted by Gasteiger charge is 2.35. The van der Waals surface area contributed by atoms with Gasteiger partial charge in [-0.3, -0.25) is 14.4 Å². The number of alkyl carbamates (subject to hydrolysis) is 1. The van der Waals surface area contributed by atoms with Crippen molar-refractivity contribution in [1.29, 1.82) is 0 Å². The van der Waals surface area contributed by atoms with Crippen molar-refractivity contribution in [2.24, 2.45) is 23.3 Å². The summed E-state index contributed by atoms with van der Waals surface area (Å²) >= 11 is 0. The number of piperidine rings is 1. The number of urea groups is 1. The zero-order valence-electron chi connectivity index (χ0n) is 34.7. The van der Waals surface area contributed by atoms with E-state index in [-0.39, 0.29) is 73.9 Å². The quantitative estimate of drug-likeness (QED) is 0.115. The Balaban J connectivity index is 1.41. The largest absolute Gasteiger partial charge is 0.446 e. The fraction of sp³-hybridized carbons (Fsp3) is 0.605. The number of amides is 5. The molecule has 0 saturated carbocycles. The van der Waals surface area contributed by atoms with Crippen LogP contribution < -0.4 is 27.4 Å².